The number of hydrogen-bond donors (Lipinski definition) is 1. The number of rotatable bonds is 4. The smallest absolute Gasteiger partial charge is 0.0623 e. The molecule has 1 heterocycles. The summed E-state index contributed by atoms with van der Waals surface area (Å²) in [5, 5.41) is 14.4. The van der Waals surface area contributed by atoms with Gasteiger partial charge in [0, 0.05) is 19.2 Å². The molecule has 2 rings (SSSR count). The molecular weight excluding hydrogens is 188 g/mol. The summed E-state index contributed by atoms with van der Waals surface area (Å²) in [5.41, 5.74) is 2.16. The van der Waals surface area contributed by atoms with E-state index in [-0.39, 0.29) is 6.10 Å². The van der Waals surface area contributed by atoms with Gasteiger partial charge in [0.1, 0.15) is 0 Å². The average molecular weight is 208 g/mol. The van der Waals surface area contributed by atoms with Gasteiger partial charge < -0.3 is 5.11 Å². The molecule has 0 aliphatic heterocycles. The minimum atomic E-state index is -0.215. The quantitative estimate of drug-likeness (QED) is 0.817. The molecule has 0 saturated heterocycles. The molecule has 1 aliphatic rings. The van der Waals surface area contributed by atoms with Crippen LogP contribution in [0, 0.1) is 18.8 Å². The van der Waals surface area contributed by atoms with E-state index < -0.39 is 0 Å². The largest absolute Gasteiger partial charge is 0.392 e. The highest BCUT2D eigenvalue weighted by Crippen LogP contribution is 2.38. The summed E-state index contributed by atoms with van der Waals surface area (Å²) in [6, 6.07) is 2.06. The maximum Gasteiger partial charge on any atom is 0.0623 e. The van der Waals surface area contributed by atoms with Crippen LogP contribution in [0.3, 0.4) is 0 Å². The summed E-state index contributed by atoms with van der Waals surface area (Å²) in [6.07, 6.45) is 3.10. The zero-order valence-electron chi connectivity index (χ0n) is 9.77. The van der Waals surface area contributed by atoms with Crippen molar-refractivity contribution in [2.24, 2.45) is 18.9 Å². The van der Waals surface area contributed by atoms with Crippen molar-refractivity contribution < 1.29 is 5.11 Å². The first-order valence-electron chi connectivity index (χ1n) is 5.75. The summed E-state index contributed by atoms with van der Waals surface area (Å²) >= 11 is 0. The minimum absolute atomic E-state index is 0.215. The Morgan fingerprint density at radius 2 is 2.27 bits per heavy atom. The van der Waals surface area contributed by atoms with Gasteiger partial charge in [0.2, 0.25) is 0 Å². The Morgan fingerprint density at radius 1 is 1.60 bits per heavy atom. The molecule has 1 fully saturated rings. The van der Waals surface area contributed by atoms with Crippen LogP contribution in [-0.4, -0.2) is 21.0 Å². The van der Waals surface area contributed by atoms with E-state index in [0.29, 0.717) is 5.92 Å². The zero-order valence-corrected chi connectivity index (χ0v) is 9.77. The molecule has 0 amide bonds. The first-order valence-corrected chi connectivity index (χ1v) is 5.75. The molecule has 1 saturated carbocycles. The molecule has 1 aromatic heterocycles. The number of aliphatic hydroxyl groups excluding tert-OH is 1. The lowest BCUT2D eigenvalue weighted by atomic mass is 9.95. The zero-order chi connectivity index (χ0) is 11.0. The van der Waals surface area contributed by atoms with Gasteiger partial charge in [-0.15, -0.1) is 0 Å². The first kappa shape index (κ1) is 10.7. The Morgan fingerprint density at radius 3 is 2.73 bits per heavy atom. The molecule has 1 aromatic rings. The van der Waals surface area contributed by atoms with Gasteiger partial charge in [-0.2, -0.15) is 5.10 Å². The van der Waals surface area contributed by atoms with Crippen LogP contribution in [0.25, 0.3) is 0 Å². The first-order chi connectivity index (χ1) is 7.08. The topological polar surface area (TPSA) is 38.0 Å². The van der Waals surface area contributed by atoms with E-state index in [1.54, 1.807) is 0 Å². The number of hydrogen-bond acceptors (Lipinski definition) is 2. The van der Waals surface area contributed by atoms with Crippen molar-refractivity contribution in [3.63, 3.8) is 0 Å². The number of aromatic nitrogens is 2. The van der Waals surface area contributed by atoms with Crippen LogP contribution >= 0.6 is 0 Å². The Balaban J connectivity index is 1.98. The molecule has 2 atom stereocenters. The number of nitrogens with zero attached hydrogens (tertiary/aromatic N) is 2. The highest BCUT2D eigenvalue weighted by Gasteiger charge is 2.32. The summed E-state index contributed by atoms with van der Waals surface area (Å²) < 4.78 is 1.87. The van der Waals surface area contributed by atoms with Crippen molar-refractivity contribution in [2.45, 2.75) is 39.2 Å². The summed E-state index contributed by atoms with van der Waals surface area (Å²) in [7, 11) is 1.94. The van der Waals surface area contributed by atoms with Crippen LogP contribution in [0.4, 0.5) is 0 Å². The SMILES string of the molecule is Cc1cc(CC(O)C(C)C2CC2)n(C)n1. The average Bonchev–Trinajstić information content (AvgIpc) is 2.94. The maximum absolute atomic E-state index is 10.1. The second kappa shape index (κ2) is 3.97. The standard InChI is InChI=1S/C12H20N2O/c1-8-6-11(14(3)13-8)7-12(15)9(2)10-4-5-10/h6,9-10,12,15H,4-5,7H2,1-3H3. The third-order valence-electron chi connectivity index (χ3n) is 3.49. The van der Waals surface area contributed by atoms with Crippen molar-refractivity contribution >= 4 is 0 Å². The lowest BCUT2D eigenvalue weighted by Gasteiger charge is -2.18. The summed E-state index contributed by atoms with van der Waals surface area (Å²) in [5.74, 6) is 1.19. The van der Waals surface area contributed by atoms with Gasteiger partial charge in [-0.05, 0) is 37.7 Å². The Labute approximate surface area is 91.1 Å². The van der Waals surface area contributed by atoms with Crippen molar-refractivity contribution in [1.29, 1.82) is 0 Å². The molecule has 3 nitrogen and oxygen atoms in total. The second-order valence-electron chi connectivity index (χ2n) is 4.87. The molecule has 0 spiro atoms. The monoisotopic (exact) mass is 208 g/mol. The molecule has 3 heteroatoms. The van der Waals surface area contributed by atoms with Gasteiger partial charge in [-0.25, -0.2) is 0 Å². The minimum Gasteiger partial charge on any atom is -0.392 e. The van der Waals surface area contributed by atoms with Gasteiger partial charge >= 0.3 is 0 Å². The molecule has 0 aromatic carbocycles. The lowest BCUT2D eigenvalue weighted by Crippen LogP contribution is -2.23. The number of aliphatic hydroxyl groups is 1. The molecule has 1 aliphatic carbocycles. The van der Waals surface area contributed by atoms with Crippen molar-refractivity contribution in [3.05, 3.63) is 17.5 Å². The maximum atomic E-state index is 10.1. The van der Waals surface area contributed by atoms with Gasteiger partial charge in [0.15, 0.2) is 0 Å². The highest BCUT2D eigenvalue weighted by atomic mass is 16.3. The van der Waals surface area contributed by atoms with Gasteiger partial charge in [0.25, 0.3) is 0 Å². The highest BCUT2D eigenvalue weighted by molar-refractivity contribution is 5.10. The van der Waals surface area contributed by atoms with E-state index in [4.69, 9.17) is 0 Å². The third-order valence-corrected chi connectivity index (χ3v) is 3.49. The van der Waals surface area contributed by atoms with Crippen LogP contribution < -0.4 is 0 Å². The van der Waals surface area contributed by atoms with Crippen molar-refractivity contribution in [3.8, 4) is 0 Å². The fraction of sp³-hybridized carbons (Fsp3) is 0.750. The molecule has 1 N–H and O–H groups in total. The van der Waals surface area contributed by atoms with Crippen LogP contribution in [0.5, 0.6) is 0 Å². The molecule has 0 bridgehead atoms. The predicted molar refractivity (Wildman–Crippen MR) is 59.5 cm³/mol. The Hall–Kier alpha value is -0.830. The molecular formula is C12H20N2O. The van der Waals surface area contributed by atoms with Crippen molar-refractivity contribution in [2.75, 3.05) is 0 Å². The van der Waals surface area contributed by atoms with Gasteiger partial charge in [0.05, 0.1) is 11.8 Å². The fourth-order valence-electron chi connectivity index (χ4n) is 2.19. The van der Waals surface area contributed by atoms with Crippen LogP contribution in [0.15, 0.2) is 6.07 Å². The molecule has 0 radical (unpaired) electrons. The second-order valence-corrected chi connectivity index (χ2v) is 4.87. The van der Waals surface area contributed by atoms with E-state index >= 15 is 0 Å². The van der Waals surface area contributed by atoms with Crippen LogP contribution in [0.1, 0.15) is 31.2 Å². The van der Waals surface area contributed by atoms with E-state index in [1.807, 2.05) is 18.7 Å². The summed E-state index contributed by atoms with van der Waals surface area (Å²) in [6.45, 7) is 4.14. The van der Waals surface area contributed by atoms with Crippen LogP contribution in [-0.2, 0) is 13.5 Å². The third kappa shape index (κ3) is 2.40. The van der Waals surface area contributed by atoms with E-state index in [2.05, 4.69) is 18.1 Å². The van der Waals surface area contributed by atoms with Gasteiger partial charge in [-0.1, -0.05) is 6.92 Å². The van der Waals surface area contributed by atoms with E-state index in [1.165, 1.54) is 12.8 Å². The van der Waals surface area contributed by atoms with Gasteiger partial charge in [-0.3, -0.25) is 4.68 Å². The number of aryl methyl sites for hydroxylation is 2. The van der Waals surface area contributed by atoms with Crippen LogP contribution in [0.2, 0.25) is 0 Å². The fourth-order valence-corrected chi connectivity index (χ4v) is 2.19. The Kier molecular flexibility index (Phi) is 2.83. The Bertz CT molecular complexity index is 341. The molecule has 15 heavy (non-hydrogen) atoms. The normalized spacial score (nSPS) is 20.3. The van der Waals surface area contributed by atoms with E-state index in [9.17, 15) is 5.11 Å². The predicted octanol–water partition coefficient (Wildman–Crippen LogP) is 1.68. The van der Waals surface area contributed by atoms with Crippen molar-refractivity contribution in [1.82, 2.24) is 9.78 Å². The molecule has 84 valence electrons. The van der Waals surface area contributed by atoms with E-state index in [0.717, 1.165) is 23.7 Å². The molecule has 2 unspecified atom stereocenters. The summed E-state index contributed by atoms with van der Waals surface area (Å²) in [4.78, 5) is 0. The lowest BCUT2D eigenvalue weighted by molar-refractivity contribution is 0.103.